The third-order valence-electron chi connectivity index (χ3n) is 4.66. The fraction of sp³-hybridized carbons (Fsp3) is 0.0435. The van der Waals surface area contributed by atoms with Gasteiger partial charge in [-0.15, -0.1) is 0 Å². The number of hydrogen-bond acceptors (Lipinski definition) is 6. The maximum absolute atomic E-state index is 12.8. The summed E-state index contributed by atoms with van der Waals surface area (Å²) in [4.78, 5) is 37.0. The van der Waals surface area contributed by atoms with E-state index in [0.29, 0.717) is 30.9 Å². The van der Waals surface area contributed by atoms with E-state index in [1.54, 1.807) is 54.6 Å². The van der Waals surface area contributed by atoms with Gasteiger partial charge < -0.3 is 4.74 Å². The zero-order valence-corrected chi connectivity index (χ0v) is 20.7. The van der Waals surface area contributed by atoms with E-state index in [1.165, 1.54) is 12.1 Å². The van der Waals surface area contributed by atoms with E-state index in [-0.39, 0.29) is 23.4 Å². The topological polar surface area (TPSA) is 89.7 Å². The summed E-state index contributed by atoms with van der Waals surface area (Å²) in [5, 5.41) is 10.4. The Labute approximate surface area is 209 Å². The van der Waals surface area contributed by atoms with Crippen LogP contribution in [0.3, 0.4) is 0 Å². The van der Waals surface area contributed by atoms with Crippen molar-refractivity contribution in [3.63, 3.8) is 0 Å². The number of rotatable bonds is 6. The number of carbonyl (C=O) groups excluding carboxylic acids is 2. The summed E-state index contributed by atoms with van der Waals surface area (Å²) in [6.07, 6.45) is 1.66. The Hall–Kier alpha value is -2.95. The Bertz CT molecular complexity index is 1260. The van der Waals surface area contributed by atoms with Crippen molar-refractivity contribution < 1.29 is 19.2 Å². The van der Waals surface area contributed by atoms with Crippen LogP contribution in [0.15, 0.2) is 80.6 Å². The lowest BCUT2D eigenvalue weighted by Crippen LogP contribution is -2.27. The maximum atomic E-state index is 12.8. The van der Waals surface area contributed by atoms with Crippen LogP contribution in [0, 0.1) is 10.1 Å². The molecule has 0 radical (unpaired) electrons. The molecule has 1 saturated heterocycles. The Kier molecular flexibility index (Phi) is 6.96. The van der Waals surface area contributed by atoms with E-state index in [0.717, 1.165) is 22.2 Å². The number of thioether (sulfide) groups is 1. The number of nitro benzene ring substituents is 1. The molecular formula is C23H14Br2N2O5S. The molecule has 1 aliphatic rings. The molecule has 33 heavy (non-hydrogen) atoms. The smallest absolute Gasteiger partial charge is 0.298 e. The number of benzene rings is 3. The van der Waals surface area contributed by atoms with Crippen LogP contribution in [0.1, 0.15) is 11.1 Å². The van der Waals surface area contributed by atoms with Crippen molar-refractivity contribution in [2.75, 3.05) is 4.90 Å². The third kappa shape index (κ3) is 5.18. The Balaban J connectivity index is 1.51. The van der Waals surface area contributed by atoms with Crippen molar-refractivity contribution >= 4 is 72.2 Å². The minimum Gasteiger partial charge on any atom is -0.487 e. The number of carbonyl (C=O) groups is 2. The highest BCUT2D eigenvalue weighted by molar-refractivity contribution is 9.11. The quantitative estimate of drug-likeness (QED) is 0.176. The average Bonchev–Trinajstić information content (AvgIpc) is 3.06. The lowest BCUT2D eigenvalue weighted by molar-refractivity contribution is -0.384. The number of anilines is 1. The molecule has 1 fully saturated rings. The second kappa shape index (κ2) is 9.90. The number of hydrogen-bond donors (Lipinski definition) is 0. The standard InChI is InChI=1S/C23H14Br2N2O5S/c24-18-10-15(12-20-22(28)26(23(29)33-20)16-4-2-1-3-5-16)11-19(25)21(18)32-13-14-6-8-17(9-7-14)27(30)31/h1-12H,13H2/b20-12-. The van der Waals surface area contributed by atoms with Gasteiger partial charge in [0.1, 0.15) is 12.4 Å². The largest absolute Gasteiger partial charge is 0.487 e. The summed E-state index contributed by atoms with van der Waals surface area (Å²) in [6, 6.07) is 18.5. The highest BCUT2D eigenvalue weighted by Crippen LogP contribution is 2.39. The first kappa shape index (κ1) is 23.2. The number of ether oxygens (including phenoxy) is 1. The molecular weight excluding hydrogens is 576 g/mol. The molecule has 0 bridgehead atoms. The number of para-hydroxylation sites is 1. The van der Waals surface area contributed by atoms with E-state index >= 15 is 0 Å². The zero-order chi connectivity index (χ0) is 23.5. The van der Waals surface area contributed by atoms with Crippen LogP contribution in [0.25, 0.3) is 6.08 Å². The van der Waals surface area contributed by atoms with E-state index in [4.69, 9.17) is 4.74 Å². The molecule has 4 rings (SSSR count). The second-order valence-electron chi connectivity index (χ2n) is 6.88. The molecule has 0 spiro atoms. The number of halogens is 2. The Morgan fingerprint density at radius 1 is 1.00 bits per heavy atom. The van der Waals surface area contributed by atoms with Crippen LogP contribution in [0.5, 0.6) is 5.75 Å². The van der Waals surface area contributed by atoms with Crippen LogP contribution in [0.2, 0.25) is 0 Å². The van der Waals surface area contributed by atoms with Gasteiger partial charge in [-0.3, -0.25) is 19.7 Å². The van der Waals surface area contributed by atoms with Crippen LogP contribution in [-0.2, 0) is 11.4 Å². The number of nitro groups is 1. The lowest BCUT2D eigenvalue weighted by Gasteiger charge is -2.12. The Morgan fingerprint density at radius 2 is 1.64 bits per heavy atom. The molecule has 1 aliphatic heterocycles. The monoisotopic (exact) mass is 588 g/mol. The first-order chi connectivity index (χ1) is 15.8. The van der Waals surface area contributed by atoms with Gasteiger partial charge >= 0.3 is 0 Å². The van der Waals surface area contributed by atoms with Crippen LogP contribution in [-0.4, -0.2) is 16.1 Å². The van der Waals surface area contributed by atoms with Crippen LogP contribution >= 0.6 is 43.6 Å². The molecule has 166 valence electrons. The lowest BCUT2D eigenvalue weighted by atomic mass is 10.2. The molecule has 3 aromatic rings. The van der Waals surface area contributed by atoms with Gasteiger partial charge in [0.15, 0.2) is 0 Å². The molecule has 0 atom stereocenters. The SMILES string of the molecule is O=C1S/C(=C\c2cc(Br)c(OCc3ccc([N+](=O)[O-])cc3)c(Br)c2)C(=O)N1c1ccccc1. The van der Waals surface area contributed by atoms with Crippen molar-refractivity contribution in [1.82, 2.24) is 0 Å². The van der Waals surface area contributed by atoms with E-state index in [1.807, 2.05) is 6.07 Å². The fourth-order valence-corrected chi connectivity index (χ4v) is 5.38. The summed E-state index contributed by atoms with van der Waals surface area (Å²) in [6.45, 7) is 0.213. The molecule has 0 unspecified atom stereocenters. The van der Waals surface area contributed by atoms with Crippen molar-refractivity contribution in [1.29, 1.82) is 0 Å². The number of imide groups is 1. The Morgan fingerprint density at radius 3 is 2.24 bits per heavy atom. The highest BCUT2D eigenvalue weighted by Gasteiger charge is 2.36. The molecule has 0 N–H and O–H groups in total. The van der Waals surface area contributed by atoms with Crippen molar-refractivity contribution in [2.24, 2.45) is 0 Å². The first-order valence-electron chi connectivity index (χ1n) is 9.51. The third-order valence-corrected chi connectivity index (χ3v) is 6.70. The van der Waals surface area contributed by atoms with Gasteiger partial charge in [0.05, 0.1) is 24.5 Å². The molecule has 0 saturated carbocycles. The predicted molar refractivity (Wildman–Crippen MR) is 134 cm³/mol. The second-order valence-corrected chi connectivity index (χ2v) is 9.58. The number of amides is 2. The molecule has 7 nitrogen and oxygen atoms in total. The summed E-state index contributed by atoms with van der Waals surface area (Å²) in [5.41, 5.74) is 2.02. The first-order valence-corrected chi connectivity index (χ1v) is 11.9. The van der Waals surface area contributed by atoms with Crippen molar-refractivity contribution in [2.45, 2.75) is 6.61 Å². The molecule has 1 heterocycles. The zero-order valence-electron chi connectivity index (χ0n) is 16.7. The predicted octanol–water partition coefficient (Wildman–Crippen LogP) is 6.94. The molecule has 0 aliphatic carbocycles. The minimum atomic E-state index is -0.453. The van der Waals surface area contributed by atoms with Crippen molar-refractivity contribution in [3.05, 3.63) is 102 Å². The minimum absolute atomic E-state index is 0.0159. The van der Waals surface area contributed by atoms with Gasteiger partial charge in [-0.25, -0.2) is 4.90 Å². The molecule has 3 aromatic carbocycles. The van der Waals surface area contributed by atoms with Crippen LogP contribution in [0.4, 0.5) is 16.2 Å². The summed E-state index contributed by atoms with van der Waals surface area (Å²) < 4.78 is 7.16. The van der Waals surface area contributed by atoms with Gasteiger partial charge in [0, 0.05) is 12.1 Å². The summed E-state index contributed by atoms with van der Waals surface area (Å²) in [7, 11) is 0. The van der Waals surface area contributed by atoms with Crippen LogP contribution < -0.4 is 9.64 Å². The van der Waals surface area contributed by atoms with E-state index in [9.17, 15) is 19.7 Å². The maximum Gasteiger partial charge on any atom is 0.298 e. The van der Waals surface area contributed by atoms with Gasteiger partial charge in [0.25, 0.3) is 16.8 Å². The fourth-order valence-electron chi connectivity index (χ4n) is 3.09. The molecule has 2 amide bonds. The van der Waals surface area contributed by atoms with Gasteiger partial charge in [-0.05, 0) is 97.2 Å². The molecule has 10 heteroatoms. The summed E-state index contributed by atoms with van der Waals surface area (Å²) in [5.74, 6) is 0.171. The van der Waals surface area contributed by atoms with Gasteiger partial charge in [0.2, 0.25) is 0 Å². The number of non-ortho nitro benzene ring substituents is 1. The highest BCUT2D eigenvalue weighted by atomic mass is 79.9. The van der Waals surface area contributed by atoms with Crippen molar-refractivity contribution in [3.8, 4) is 5.75 Å². The van der Waals surface area contributed by atoms with E-state index < -0.39 is 4.92 Å². The van der Waals surface area contributed by atoms with Gasteiger partial charge in [-0.1, -0.05) is 18.2 Å². The molecule has 0 aromatic heterocycles. The normalized spacial score (nSPS) is 14.7. The average molecular weight is 590 g/mol. The van der Waals surface area contributed by atoms with Gasteiger partial charge in [-0.2, -0.15) is 0 Å². The summed E-state index contributed by atoms with van der Waals surface area (Å²) >= 11 is 7.86. The number of nitrogens with zero attached hydrogens (tertiary/aromatic N) is 2. The van der Waals surface area contributed by atoms with E-state index in [2.05, 4.69) is 31.9 Å².